The Bertz CT molecular complexity index is 737. The van der Waals surface area contributed by atoms with Gasteiger partial charge in [0, 0.05) is 29.0 Å². The van der Waals surface area contributed by atoms with E-state index in [9.17, 15) is 14.9 Å². The predicted octanol–water partition coefficient (Wildman–Crippen LogP) is 3.08. The second-order valence-electron chi connectivity index (χ2n) is 4.47. The highest BCUT2D eigenvalue weighted by Crippen LogP contribution is 2.48. The minimum Gasteiger partial charge on any atom is -0.491 e. The maximum Gasteiger partial charge on any atom is 0.311 e. The Kier molecular flexibility index (Phi) is 3.34. The van der Waals surface area contributed by atoms with E-state index in [0.29, 0.717) is 34.8 Å². The van der Waals surface area contributed by atoms with Gasteiger partial charge in [0.05, 0.1) is 18.6 Å². The molecule has 3 rings (SSSR count). The van der Waals surface area contributed by atoms with Gasteiger partial charge in [0.2, 0.25) is 5.75 Å². The van der Waals surface area contributed by atoms with Crippen molar-refractivity contribution >= 4 is 23.3 Å². The zero-order valence-electron chi connectivity index (χ0n) is 11.1. The lowest BCUT2D eigenvalue weighted by molar-refractivity contribution is -0.385. The van der Waals surface area contributed by atoms with Gasteiger partial charge >= 0.3 is 5.69 Å². The molecule has 21 heavy (non-hydrogen) atoms. The summed E-state index contributed by atoms with van der Waals surface area (Å²) in [6.07, 6.45) is 1.33. The van der Waals surface area contributed by atoms with Gasteiger partial charge in [-0.05, 0) is 5.56 Å². The highest BCUT2D eigenvalue weighted by molar-refractivity contribution is 7.12. The van der Waals surface area contributed by atoms with E-state index < -0.39 is 4.92 Å². The number of thiophene rings is 1. The Morgan fingerprint density at radius 3 is 2.95 bits per heavy atom. The number of hydrogen-bond donors (Lipinski definition) is 0. The first-order valence-electron chi connectivity index (χ1n) is 6.21. The molecule has 0 radical (unpaired) electrons. The molecule has 1 aromatic carbocycles. The topological polar surface area (TPSA) is 78.7 Å². The zero-order valence-corrected chi connectivity index (χ0v) is 11.9. The molecule has 0 spiro atoms. The van der Waals surface area contributed by atoms with Crippen LogP contribution in [0.2, 0.25) is 0 Å². The molecule has 0 atom stereocenters. The molecule has 0 unspecified atom stereocenters. The third kappa shape index (κ3) is 2.06. The first-order valence-corrected chi connectivity index (χ1v) is 7.09. The number of carbonyl (C=O) groups excluding carboxylic acids is 1. The van der Waals surface area contributed by atoms with Gasteiger partial charge in [-0.3, -0.25) is 14.9 Å². The molecule has 7 heteroatoms. The molecule has 1 aliphatic heterocycles. The van der Waals surface area contributed by atoms with Crippen LogP contribution >= 0.6 is 11.3 Å². The van der Waals surface area contributed by atoms with Gasteiger partial charge in [-0.2, -0.15) is 0 Å². The molecule has 2 aromatic rings. The summed E-state index contributed by atoms with van der Waals surface area (Å²) in [5.74, 6) is 0.687. The number of nitrogens with zero attached hydrogens (tertiary/aromatic N) is 1. The summed E-state index contributed by atoms with van der Waals surface area (Å²) < 4.78 is 10.9. The van der Waals surface area contributed by atoms with Crippen LogP contribution in [0.4, 0.5) is 5.69 Å². The van der Waals surface area contributed by atoms with Crippen LogP contribution in [0.1, 0.15) is 15.2 Å². The van der Waals surface area contributed by atoms with Crippen LogP contribution in [0.3, 0.4) is 0 Å². The van der Waals surface area contributed by atoms with Crippen molar-refractivity contribution in [2.45, 2.75) is 6.42 Å². The van der Waals surface area contributed by atoms with E-state index in [1.54, 1.807) is 11.4 Å². The van der Waals surface area contributed by atoms with E-state index in [0.717, 1.165) is 11.8 Å². The van der Waals surface area contributed by atoms with Crippen molar-refractivity contribution in [2.75, 3.05) is 13.7 Å². The van der Waals surface area contributed by atoms with Gasteiger partial charge in [-0.1, -0.05) is 6.07 Å². The highest BCUT2D eigenvalue weighted by atomic mass is 32.1. The summed E-state index contributed by atoms with van der Waals surface area (Å²) in [6.45, 7) is 0.415. The number of ether oxygens (including phenoxy) is 2. The first-order chi connectivity index (χ1) is 10.2. The SMILES string of the molecule is COc1c([N+](=O)[O-])ccc2c1-c1csc(C=O)c1OCC2. The maximum atomic E-state index is 11.2. The molecule has 6 nitrogen and oxygen atoms in total. The van der Waals surface area contributed by atoms with Crippen LogP contribution < -0.4 is 9.47 Å². The summed E-state index contributed by atoms with van der Waals surface area (Å²) >= 11 is 1.25. The number of benzene rings is 1. The van der Waals surface area contributed by atoms with Crippen molar-refractivity contribution in [3.8, 4) is 22.6 Å². The molecule has 0 N–H and O–H groups in total. The van der Waals surface area contributed by atoms with Crippen molar-refractivity contribution in [1.29, 1.82) is 0 Å². The highest BCUT2D eigenvalue weighted by Gasteiger charge is 2.28. The summed E-state index contributed by atoms with van der Waals surface area (Å²) in [5.41, 5.74) is 2.13. The van der Waals surface area contributed by atoms with Crippen molar-refractivity contribution < 1.29 is 19.2 Å². The average Bonchev–Trinajstić information content (AvgIpc) is 2.79. The Labute approximate surface area is 124 Å². The van der Waals surface area contributed by atoms with E-state index in [1.807, 2.05) is 0 Å². The number of nitro groups is 1. The third-order valence-electron chi connectivity index (χ3n) is 3.39. The molecule has 0 saturated carbocycles. The first kappa shape index (κ1) is 13.6. The standard InChI is InChI=1S/C14H11NO5S/c1-19-14-10(15(17)18)3-2-8-4-5-20-13-9(12(8)14)7-21-11(13)6-16/h2-3,6-7H,4-5H2,1H3. The van der Waals surface area contributed by atoms with Gasteiger partial charge in [-0.25, -0.2) is 0 Å². The van der Waals surface area contributed by atoms with Gasteiger partial charge < -0.3 is 9.47 Å². The van der Waals surface area contributed by atoms with Crippen LogP contribution in [0, 0.1) is 10.1 Å². The maximum absolute atomic E-state index is 11.2. The van der Waals surface area contributed by atoms with Gasteiger partial charge in [0.25, 0.3) is 0 Å². The number of rotatable bonds is 3. The molecular formula is C14H11NO5S. The molecule has 0 aliphatic carbocycles. The molecule has 0 saturated heterocycles. The second kappa shape index (κ2) is 5.17. The number of fused-ring (bicyclic) bond motifs is 3. The normalized spacial score (nSPS) is 12.6. The fourth-order valence-electron chi connectivity index (χ4n) is 2.49. The van der Waals surface area contributed by atoms with Gasteiger partial charge in [0.15, 0.2) is 6.29 Å². The minimum atomic E-state index is -0.475. The van der Waals surface area contributed by atoms with Crippen molar-refractivity contribution in [2.24, 2.45) is 0 Å². The number of methoxy groups -OCH3 is 1. The lowest BCUT2D eigenvalue weighted by atomic mass is 9.97. The fourth-order valence-corrected chi connectivity index (χ4v) is 3.30. The molecule has 1 aromatic heterocycles. The van der Waals surface area contributed by atoms with Crippen LogP contribution in [-0.4, -0.2) is 24.9 Å². The molecule has 0 amide bonds. The van der Waals surface area contributed by atoms with Crippen molar-refractivity contribution in [1.82, 2.24) is 0 Å². The minimum absolute atomic E-state index is 0.0945. The summed E-state index contributed by atoms with van der Waals surface area (Å²) in [7, 11) is 1.40. The van der Waals surface area contributed by atoms with Gasteiger partial charge in [-0.15, -0.1) is 11.3 Å². The lowest BCUT2D eigenvalue weighted by Crippen LogP contribution is -2.01. The Hall–Kier alpha value is -2.41. The number of carbonyl (C=O) groups is 1. The Morgan fingerprint density at radius 2 is 2.29 bits per heavy atom. The summed E-state index contributed by atoms with van der Waals surface area (Å²) in [5, 5.41) is 12.9. The largest absolute Gasteiger partial charge is 0.491 e. The summed E-state index contributed by atoms with van der Waals surface area (Å²) in [4.78, 5) is 22.3. The fraction of sp³-hybridized carbons (Fsp3) is 0.214. The van der Waals surface area contributed by atoms with E-state index in [2.05, 4.69) is 0 Å². The van der Waals surface area contributed by atoms with E-state index in [1.165, 1.54) is 24.5 Å². The molecule has 108 valence electrons. The zero-order chi connectivity index (χ0) is 15.0. The van der Waals surface area contributed by atoms with Crippen LogP contribution in [0.25, 0.3) is 11.1 Å². The Balaban J connectivity index is 2.34. The molecule has 2 heterocycles. The molecule has 1 aliphatic rings. The van der Waals surface area contributed by atoms with Crippen LogP contribution in [0.5, 0.6) is 11.5 Å². The monoisotopic (exact) mass is 305 g/mol. The van der Waals surface area contributed by atoms with Crippen molar-refractivity contribution in [3.63, 3.8) is 0 Å². The molecular weight excluding hydrogens is 294 g/mol. The van der Waals surface area contributed by atoms with E-state index >= 15 is 0 Å². The smallest absolute Gasteiger partial charge is 0.311 e. The van der Waals surface area contributed by atoms with Crippen molar-refractivity contribution in [3.05, 3.63) is 38.1 Å². The Morgan fingerprint density at radius 1 is 1.48 bits per heavy atom. The predicted molar refractivity (Wildman–Crippen MR) is 77.5 cm³/mol. The molecule has 0 bridgehead atoms. The average molecular weight is 305 g/mol. The number of aldehydes is 1. The number of nitro benzene ring substituents is 1. The summed E-state index contributed by atoms with van der Waals surface area (Å²) in [6, 6.07) is 3.16. The quantitative estimate of drug-likeness (QED) is 0.494. The third-order valence-corrected chi connectivity index (χ3v) is 4.28. The van der Waals surface area contributed by atoms with Gasteiger partial charge in [0.1, 0.15) is 10.6 Å². The number of hydrogen-bond acceptors (Lipinski definition) is 6. The van der Waals surface area contributed by atoms with Crippen LogP contribution in [-0.2, 0) is 6.42 Å². The second-order valence-corrected chi connectivity index (χ2v) is 5.38. The molecule has 0 fully saturated rings. The van der Waals surface area contributed by atoms with Crippen LogP contribution in [0.15, 0.2) is 17.5 Å². The lowest BCUT2D eigenvalue weighted by Gasteiger charge is -2.11. The van der Waals surface area contributed by atoms with E-state index in [4.69, 9.17) is 9.47 Å². The van der Waals surface area contributed by atoms with E-state index in [-0.39, 0.29) is 11.4 Å².